The Morgan fingerprint density at radius 1 is 1.40 bits per heavy atom. The Morgan fingerprint density at radius 2 is 1.90 bits per heavy atom. The molecule has 0 aliphatic carbocycles. The Morgan fingerprint density at radius 3 is 2.20 bits per heavy atom. The molecule has 58 valence electrons. The average Bonchev–Trinajstić information content (AvgIpc) is 1.93. The molecule has 0 atom stereocenters. The first-order valence-electron chi connectivity index (χ1n) is 3.43. The minimum absolute atomic E-state index is 1.97. The van der Waals surface area contributed by atoms with Gasteiger partial charge in [-0.1, -0.05) is 13.8 Å². The fourth-order valence-corrected chi connectivity index (χ4v) is 0.881. The van der Waals surface area contributed by atoms with E-state index in [4.69, 9.17) is 0 Å². The predicted octanol–water partition coefficient (Wildman–Crippen LogP) is 2.29. The van der Waals surface area contributed by atoms with E-state index in [0.29, 0.717) is 0 Å². The van der Waals surface area contributed by atoms with Crippen molar-refractivity contribution >= 4 is 33.2 Å². The summed E-state index contributed by atoms with van der Waals surface area (Å²) < 4.78 is 1.97. The molecule has 0 bridgehead atoms. The van der Waals surface area contributed by atoms with Crippen LogP contribution >= 0.6 is 22.4 Å². The molecule has 0 heterocycles. The summed E-state index contributed by atoms with van der Waals surface area (Å²) in [7, 11) is 2.00. The van der Waals surface area contributed by atoms with Crippen LogP contribution in [0.3, 0.4) is 0 Å². The molecule has 1 nitrogen and oxygen atoms in total. The molecule has 0 aromatic heterocycles. The van der Waals surface area contributed by atoms with Crippen molar-refractivity contribution in [2.24, 2.45) is 0 Å². The molecule has 3 heteroatoms. The number of hydrogen-bond acceptors (Lipinski definition) is 1. The molecule has 0 fully saturated rings. The summed E-state index contributed by atoms with van der Waals surface area (Å²) >= 11 is 2.19. The maximum atomic E-state index is 2.19. The van der Waals surface area contributed by atoms with Crippen molar-refractivity contribution in [1.29, 1.82) is 0 Å². The van der Waals surface area contributed by atoms with E-state index in [0.717, 1.165) is 0 Å². The number of rotatable bonds is 2. The van der Waals surface area contributed by atoms with Crippen molar-refractivity contribution in [2.45, 2.75) is 20.8 Å². The van der Waals surface area contributed by atoms with Gasteiger partial charge in [0.25, 0.3) is 0 Å². The standard InChI is InChI=1S/C5H9BIN.C2H6/c1-3-4-8(2)5-6-7;1-2/h3-5H,1-2H3;1-2H3/b4-3-;. The molecule has 0 rings (SSSR count). The molecular weight excluding hydrogens is 236 g/mol. The Bertz CT molecular complexity index is 89.8. The number of nitrogens with zero attached hydrogens (tertiary/aromatic N) is 1. The van der Waals surface area contributed by atoms with Crippen molar-refractivity contribution in [2.75, 3.05) is 7.05 Å². The molecule has 0 saturated heterocycles. The fraction of sp³-hybridized carbons (Fsp3) is 0.571. The first kappa shape index (κ1) is 12.8. The Balaban J connectivity index is 0. The SMILES string of the molecule is C/C=C\N(C)C=BI.CC. The van der Waals surface area contributed by atoms with Gasteiger partial charge in [0, 0.05) is 0 Å². The zero-order valence-electron chi connectivity index (χ0n) is 7.13. The topological polar surface area (TPSA) is 3.24 Å². The second kappa shape index (κ2) is 11.9. The molecule has 0 unspecified atom stereocenters. The molecule has 0 spiro atoms. The normalized spacial score (nSPS) is 8.90. The van der Waals surface area contributed by atoms with E-state index in [1.807, 2.05) is 55.9 Å². The summed E-state index contributed by atoms with van der Waals surface area (Å²) in [6.07, 6.45) is 5.98. The molecule has 0 amide bonds. The molecule has 0 aliphatic rings. The molecule has 0 aliphatic heterocycles. The van der Waals surface area contributed by atoms with E-state index in [1.165, 1.54) is 0 Å². The Kier molecular flexibility index (Phi) is 15.3. The smallest absolute Gasteiger partial charge is 0.0683 e. The van der Waals surface area contributed by atoms with E-state index < -0.39 is 0 Å². The second-order valence-corrected chi connectivity index (χ2v) is 2.14. The minimum Gasteiger partial charge on any atom is -0.0683 e. The van der Waals surface area contributed by atoms with Crippen LogP contribution in [0.25, 0.3) is 0 Å². The Labute approximate surface area is 78.3 Å². The van der Waals surface area contributed by atoms with Crippen LogP contribution in [0.2, 0.25) is 0 Å². The van der Waals surface area contributed by atoms with Crippen LogP contribution in [0.5, 0.6) is 0 Å². The van der Waals surface area contributed by atoms with Crippen molar-refractivity contribution in [3.8, 4) is 0 Å². The maximum Gasteiger partial charge on any atom is -0.0683 e. The van der Waals surface area contributed by atoms with Crippen LogP contribution in [0, 0.1) is 0 Å². The summed E-state index contributed by atoms with van der Waals surface area (Å²) in [6.45, 7) is 6.00. The summed E-state index contributed by atoms with van der Waals surface area (Å²) in [5.74, 6) is 0. The van der Waals surface area contributed by atoms with E-state index in [9.17, 15) is 0 Å². The number of halogens is 1. The quantitative estimate of drug-likeness (QED) is 0.537. The average molecular weight is 251 g/mol. The van der Waals surface area contributed by atoms with Gasteiger partial charge in [0.2, 0.25) is 0 Å². The molecule has 0 saturated carbocycles. The van der Waals surface area contributed by atoms with Crippen LogP contribution in [-0.2, 0) is 0 Å². The summed E-state index contributed by atoms with van der Waals surface area (Å²) in [5, 5.41) is 0. The van der Waals surface area contributed by atoms with Gasteiger partial charge in [0.05, 0.1) is 0 Å². The third-order valence-electron chi connectivity index (χ3n) is 0.676. The van der Waals surface area contributed by atoms with Gasteiger partial charge in [0.1, 0.15) is 0 Å². The van der Waals surface area contributed by atoms with Crippen LogP contribution in [-0.4, -0.2) is 22.8 Å². The zero-order chi connectivity index (χ0) is 8.41. The Hall–Kier alpha value is 0.205. The third-order valence-corrected chi connectivity index (χ3v) is 0.997. The zero-order valence-corrected chi connectivity index (χ0v) is 9.29. The van der Waals surface area contributed by atoms with Gasteiger partial charge < -0.3 is 0 Å². The predicted molar refractivity (Wildman–Crippen MR) is 59.8 cm³/mol. The molecule has 0 aromatic rings. The van der Waals surface area contributed by atoms with Gasteiger partial charge in [0.15, 0.2) is 0 Å². The number of allylic oxidation sites excluding steroid dienone is 1. The van der Waals surface area contributed by atoms with Crippen LogP contribution in [0.1, 0.15) is 20.8 Å². The van der Waals surface area contributed by atoms with Crippen LogP contribution in [0.4, 0.5) is 0 Å². The van der Waals surface area contributed by atoms with Gasteiger partial charge in [-0.3, -0.25) is 0 Å². The summed E-state index contributed by atoms with van der Waals surface area (Å²) in [5.41, 5.74) is 0. The molecule has 0 radical (unpaired) electrons. The third kappa shape index (κ3) is 11.1. The van der Waals surface area contributed by atoms with E-state index >= 15 is 0 Å². The van der Waals surface area contributed by atoms with Crippen molar-refractivity contribution in [3.63, 3.8) is 0 Å². The van der Waals surface area contributed by atoms with Crippen molar-refractivity contribution in [3.05, 3.63) is 12.3 Å². The first-order chi connectivity index (χ1) is 4.81. The molecule has 0 N–H and O–H groups in total. The summed E-state index contributed by atoms with van der Waals surface area (Å²) in [4.78, 5) is 1.99. The van der Waals surface area contributed by atoms with Gasteiger partial charge in [-0.15, -0.1) is 0 Å². The molecule has 0 aromatic carbocycles. The molecular formula is C7H15BIN. The second-order valence-electron chi connectivity index (χ2n) is 1.42. The first-order valence-corrected chi connectivity index (χ1v) is 4.67. The van der Waals surface area contributed by atoms with Crippen LogP contribution in [0.15, 0.2) is 12.3 Å². The van der Waals surface area contributed by atoms with E-state index in [1.54, 1.807) is 0 Å². The summed E-state index contributed by atoms with van der Waals surface area (Å²) in [6, 6.07) is 0. The van der Waals surface area contributed by atoms with E-state index in [-0.39, 0.29) is 0 Å². The van der Waals surface area contributed by atoms with Crippen molar-refractivity contribution in [1.82, 2.24) is 4.90 Å². The van der Waals surface area contributed by atoms with Gasteiger partial charge in [-0.2, -0.15) is 0 Å². The number of hydrogen-bond donors (Lipinski definition) is 0. The minimum atomic E-state index is 1.97. The van der Waals surface area contributed by atoms with Crippen LogP contribution < -0.4 is 0 Å². The van der Waals surface area contributed by atoms with Crippen molar-refractivity contribution < 1.29 is 0 Å². The van der Waals surface area contributed by atoms with Gasteiger partial charge in [-0.05, 0) is 0 Å². The van der Waals surface area contributed by atoms with Gasteiger partial charge in [-0.25, -0.2) is 0 Å². The maximum absolute atomic E-state index is 2.19. The monoisotopic (exact) mass is 251 g/mol. The fourth-order valence-electron chi connectivity index (χ4n) is 0.374. The van der Waals surface area contributed by atoms with Gasteiger partial charge >= 0.3 is 64.4 Å². The van der Waals surface area contributed by atoms with E-state index in [2.05, 4.69) is 22.4 Å². The largest absolute Gasteiger partial charge is 0.0683 e. The molecule has 10 heavy (non-hydrogen) atoms.